The van der Waals surface area contributed by atoms with Crippen molar-refractivity contribution in [3.63, 3.8) is 0 Å². The lowest BCUT2D eigenvalue weighted by molar-refractivity contribution is 0.0675. The van der Waals surface area contributed by atoms with Gasteiger partial charge in [0.1, 0.15) is 23.1 Å². The number of nitrogens with zero attached hydrogens (tertiary/aromatic N) is 1. The summed E-state index contributed by atoms with van der Waals surface area (Å²) in [5.74, 6) is 0.582. The summed E-state index contributed by atoms with van der Waals surface area (Å²) in [6.07, 6.45) is 2.28. The highest BCUT2D eigenvalue weighted by atomic mass is 32.1. The van der Waals surface area contributed by atoms with Crippen molar-refractivity contribution in [1.29, 1.82) is 0 Å². The van der Waals surface area contributed by atoms with E-state index in [0.717, 1.165) is 41.3 Å². The minimum atomic E-state index is -0.207. The molecule has 25 heavy (non-hydrogen) atoms. The molecule has 134 valence electrons. The highest BCUT2D eigenvalue weighted by molar-refractivity contribution is 7.09. The van der Waals surface area contributed by atoms with Crippen LogP contribution in [0, 0.1) is 6.92 Å². The summed E-state index contributed by atoms with van der Waals surface area (Å²) < 4.78 is 11.6. The van der Waals surface area contributed by atoms with Gasteiger partial charge in [0.15, 0.2) is 0 Å². The van der Waals surface area contributed by atoms with Crippen LogP contribution >= 0.6 is 11.3 Å². The number of aromatic nitrogens is 1. The lowest BCUT2D eigenvalue weighted by atomic mass is 10.1. The van der Waals surface area contributed by atoms with Crippen molar-refractivity contribution in [1.82, 2.24) is 10.3 Å². The number of ether oxygens (including phenoxy) is 2. The van der Waals surface area contributed by atoms with Crippen molar-refractivity contribution in [2.24, 2.45) is 5.73 Å². The van der Waals surface area contributed by atoms with Crippen molar-refractivity contribution < 1.29 is 14.3 Å². The van der Waals surface area contributed by atoms with E-state index in [1.54, 1.807) is 5.38 Å². The number of carbonyl (C=O) groups is 1. The van der Waals surface area contributed by atoms with Crippen LogP contribution in [0.25, 0.3) is 0 Å². The smallest absolute Gasteiger partial charge is 0.271 e. The molecule has 0 bridgehead atoms. The van der Waals surface area contributed by atoms with Crippen LogP contribution in [0.1, 0.15) is 39.5 Å². The van der Waals surface area contributed by atoms with E-state index in [1.165, 1.54) is 11.3 Å². The lowest BCUT2D eigenvalue weighted by Crippen LogP contribution is -2.24. The number of hydrogen-bond acceptors (Lipinski definition) is 6. The number of aryl methyl sites for hydroxylation is 1. The normalized spacial score (nSPS) is 16.8. The Morgan fingerprint density at radius 2 is 2.40 bits per heavy atom. The van der Waals surface area contributed by atoms with E-state index in [1.807, 2.05) is 25.1 Å². The Labute approximate surface area is 151 Å². The monoisotopic (exact) mass is 361 g/mol. The largest absolute Gasteiger partial charge is 0.491 e. The Bertz CT molecular complexity index is 726. The van der Waals surface area contributed by atoms with E-state index in [4.69, 9.17) is 15.2 Å². The molecule has 3 rings (SSSR count). The Kier molecular flexibility index (Phi) is 6.01. The first kappa shape index (κ1) is 17.8. The van der Waals surface area contributed by atoms with E-state index >= 15 is 0 Å². The predicted octanol–water partition coefficient (Wildman–Crippen LogP) is 2.40. The van der Waals surface area contributed by atoms with Crippen LogP contribution < -0.4 is 15.8 Å². The molecule has 2 aromatic rings. The third-order valence-electron chi connectivity index (χ3n) is 4.07. The van der Waals surface area contributed by atoms with Crippen molar-refractivity contribution in [3.05, 3.63) is 45.4 Å². The summed E-state index contributed by atoms with van der Waals surface area (Å²) in [7, 11) is 0. The number of benzene rings is 1. The average molecular weight is 361 g/mol. The van der Waals surface area contributed by atoms with Gasteiger partial charge in [-0.15, -0.1) is 11.3 Å². The summed E-state index contributed by atoms with van der Waals surface area (Å²) in [6.45, 7) is 4.09. The van der Waals surface area contributed by atoms with E-state index in [9.17, 15) is 4.79 Å². The van der Waals surface area contributed by atoms with Crippen molar-refractivity contribution in [2.75, 3.05) is 13.2 Å². The van der Waals surface area contributed by atoms with Gasteiger partial charge >= 0.3 is 0 Å². The Morgan fingerprint density at radius 3 is 3.12 bits per heavy atom. The minimum absolute atomic E-state index is 0.160. The lowest BCUT2D eigenvalue weighted by Gasteiger charge is -2.15. The molecular formula is C18H23N3O3S. The highest BCUT2D eigenvalue weighted by Gasteiger charge is 2.17. The molecule has 1 unspecified atom stereocenters. The van der Waals surface area contributed by atoms with Crippen LogP contribution in [0.4, 0.5) is 0 Å². The molecule has 3 N–H and O–H groups in total. The highest BCUT2D eigenvalue weighted by Crippen LogP contribution is 2.22. The molecule has 1 aromatic heterocycles. The number of nitrogens with two attached hydrogens (primary N) is 1. The third-order valence-corrected chi connectivity index (χ3v) is 4.94. The molecule has 0 saturated carbocycles. The summed E-state index contributed by atoms with van der Waals surface area (Å²) in [5, 5.41) is 5.37. The van der Waals surface area contributed by atoms with Gasteiger partial charge in [-0.25, -0.2) is 4.98 Å². The van der Waals surface area contributed by atoms with Gasteiger partial charge in [-0.05, 0) is 31.4 Å². The second-order valence-electron chi connectivity index (χ2n) is 6.07. The maximum Gasteiger partial charge on any atom is 0.271 e. The van der Waals surface area contributed by atoms with Crippen LogP contribution in [-0.4, -0.2) is 30.2 Å². The fourth-order valence-electron chi connectivity index (χ4n) is 2.68. The van der Waals surface area contributed by atoms with Crippen LogP contribution in [0.5, 0.6) is 5.75 Å². The van der Waals surface area contributed by atoms with Gasteiger partial charge in [0.05, 0.1) is 6.10 Å². The van der Waals surface area contributed by atoms with Gasteiger partial charge in [0, 0.05) is 30.6 Å². The molecule has 1 fully saturated rings. The van der Waals surface area contributed by atoms with Gasteiger partial charge < -0.3 is 20.5 Å². The standard InChI is InChI=1S/C18H23N3O3S/c1-12-4-5-13(16(7-12)24-10-14-3-2-6-23-14)9-20-18(22)15-11-25-17(8-19)21-15/h4-5,7,11,14H,2-3,6,8-10,19H2,1H3,(H,20,22). The maximum absolute atomic E-state index is 12.2. The molecule has 0 spiro atoms. The quantitative estimate of drug-likeness (QED) is 0.791. The Hall–Kier alpha value is -1.96. The second-order valence-corrected chi connectivity index (χ2v) is 7.01. The van der Waals surface area contributed by atoms with Gasteiger partial charge in [-0.2, -0.15) is 0 Å². The fraction of sp³-hybridized carbons (Fsp3) is 0.444. The van der Waals surface area contributed by atoms with Crippen LogP contribution in [-0.2, 0) is 17.8 Å². The zero-order valence-corrected chi connectivity index (χ0v) is 15.1. The van der Waals surface area contributed by atoms with Gasteiger partial charge in [0.25, 0.3) is 5.91 Å². The molecule has 1 aliphatic heterocycles. The predicted molar refractivity (Wildman–Crippen MR) is 96.8 cm³/mol. The second kappa shape index (κ2) is 8.42. The van der Waals surface area contributed by atoms with Crippen molar-refractivity contribution in [3.8, 4) is 5.75 Å². The van der Waals surface area contributed by atoms with E-state index < -0.39 is 0 Å². The van der Waals surface area contributed by atoms with Crippen molar-refractivity contribution >= 4 is 17.2 Å². The molecule has 2 heterocycles. The maximum atomic E-state index is 12.2. The number of hydrogen-bond donors (Lipinski definition) is 2. The van der Waals surface area contributed by atoms with E-state index in [-0.39, 0.29) is 12.0 Å². The van der Waals surface area contributed by atoms with Crippen molar-refractivity contribution in [2.45, 2.75) is 39.0 Å². The molecule has 6 nitrogen and oxygen atoms in total. The van der Waals surface area contributed by atoms with Crippen LogP contribution in [0.15, 0.2) is 23.6 Å². The topological polar surface area (TPSA) is 86.5 Å². The average Bonchev–Trinajstić information content (AvgIpc) is 3.30. The zero-order valence-electron chi connectivity index (χ0n) is 14.3. The molecule has 0 radical (unpaired) electrons. The molecule has 0 aliphatic carbocycles. The van der Waals surface area contributed by atoms with Crippen LogP contribution in [0.3, 0.4) is 0 Å². The van der Waals surface area contributed by atoms with E-state index in [2.05, 4.69) is 10.3 Å². The third kappa shape index (κ3) is 4.78. The molecular weight excluding hydrogens is 338 g/mol. The van der Waals surface area contributed by atoms with Crippen LogP contribution in [0.2, 0.25) is 0 Å². The molecule has 7 heteroatoms. The van der Waals surface area contributed by atoms with Gasteiger partial charge in [-0.3, -0.25) is 4.79 Å². The molecule has 1 aromatic carbocycles. The Morgan fingerprint density at radius 1 is 1.52 bits per heavy atom. The number of thiazole rings is 1. The first-order valence-corrected chi connectivity index (χ1v) is 9.30. The zero-order chi connectivity index (χ0) is 17.6. The summed E-state index contributed by atoms with van der Waals surface area (Å²) in [6, 6.07) is 5.98. The molecule has 1 amide bonds. The van der Waals surface area contributed by atoms with Gasteiger partial charge in [-0.1, -0.05) is 12.1 Å². The first-order chi connectivity index (χ1) is 12.2. The minimum Gasteiger partial charge on any atom is -0.491 e. The fourth-order valence-corrected chi connectivity index (χ4v) is 3.33. The molecule has 1 aliphatic rings. The SMILES string of the molecule is Cc1ccc(CNC(=O)c2csc(CN)n2)c(OCC2CCCO2)c1. The Balaban J connectivity index is 1.61. The summed E-state index contributed by atoms with van der Waals surface area (Å²) >= 11 is 1.39. The number of rotatable bonds is 7. The molecule has 1 saturated heterocycles. The summed E-state index contributed by atoms with van der Waals surface area (Å²) in [4.78, 5) is 16.4. The summed E-state index contributed by atoms with van der Waals surface area (Å²) in [5.41, 5.74) is 7.99. The van der Waals surface area contributed by atoms with E-state index in [0.29, 0.717) is 25.4 Å². The van der Waals surface area contributed by atoms with Gasteiger partial charge in [0.2, 0.25) is 0 Å². The number of carbonyl (C=O) groups excluding carboxylic acids is 1. The first-order valence-electron chi connectivity index (χ1n) is 8.42. The number of nitrogens with one attached hydrogen (secondary N) is 1. The number of amides is 1. The molecule has 1 atom stereocenters.